The molecule has 2 aliphatic heterocycles. The van der Waals surface area contributed by atoms with Crippen LogP contribution in [0.3, 0.4) is 0 Å². The highest BCUT2D eigenvalue weighted by molar-refractivity contribution is 7.89. The molecule has 2 heterocycles. The van der Waals surface area contributed by atoms with Crippen LogP contribution in [-0.4, -0.2) is 86.2 Å². The lowest BCUT2D eigenvalue weighted by molar-refractivity contribution is -0.129. The molecule has 28 heavy (non-hydrogen) atoms. The van der Waals surface area contributed by atoms with Gasteiger partial charge in [0.15, 0.2) is 0 Å². The number of rotatable bonds is 3. The first-order chi connectivity index (χ1) is 12.8. The third-order valence-electron chi connectivity index (χ3n) is 5.19. The lowest BCUT2D eigenvalue weighted by Crippen LogP contribution is -2.52. The molecule has 156 valence electrons. The van der Waals surface area contributed by atoms with E-state index in [9.17, 15) is 18.0 Å². The third kappa shape index (κ3) is 4.65. The number of benzene rings is 1. The minimum Gasteiger partial charge on any atom is -0.340 e. The first kappa shape index (κ1) is 22.6. The predicted octanol–water partition coefficient (Wildman–Crippen LogP) is 0.395. The van der Waals surface area contributed by atoms with Crippen molar-refractivity contribution in [1.29, 1.82) is 0 Å². The molecule has 10 heteroatoms. The lowest BCUT2D eigenvalue weighted by atomic mass is 10.1. The van der Waals surface area contributed by atoms with Crippen molar-refractivity contribution in [3.05, 3.63) is 29.8 Å². The Morgan fingerprint density at radius 1 is 1.04 bits per heavy atom. The quantitative estimate of drug-likeness (QED) is 0.749. The van der Waals surface area contributed by atoms with E-state index in [1.165, 1.54) is 23.4 Å². The summed E-state index contributed by atoms with van der Waals surface area (Å²) in [6.07, 6.45) is 0. The molecule has 0 aromatic heterocycles. The Kier molecular flexibility index (Phi) is 7.44. The van der Waals surface area contributed by atoms with Crippen molar-refractivity contribution >= 4 is 34.2 Å². The van der Waals surface area contributed by atoms with Gasteiger partial charge in [0.1, 0.15) is 0 Å². The summed E-state index contributed by atoms with van der Waals surface area (Å²) >= 11 is 0. The van der Waals surface area contributed by atoms with Gasteiger partial charge in [0.25, 0.3) is 5.91 Å². The van der Waals surface area contributed by atoms with E-state index in [1.54, 1.807) is 21.9 Å². The lowest BCUT2D eigenvalue weighted by Gasteiger charge is -2.34. The number of carbonyl (C=O) groups is 2. The van der Waals surface area contributed by atoms with Crippen LogP contribution in [0.15, 0.2) is 29.2 Å². The van der Waals surface area contributed by atoms with Crippen LogP contribution in [-0.2, 0) is 14.8 Å². The van der Waals surface area contributed by atoms with E-state index < -0.39 is 10.0 Å². The normalized spacial score (nSPS) is 21.1. The van der Waals surface area contributed by atoms with Crippen LogP contribution in [0.25, 0.3) is 0 Å². The molecule has 0 radical (unpaired) electrons. The number of sulfonamides is 1. The van der Waals surface area contributed by atoms with Crippen molar-refractivity contribution in [2.24, 2.45) is 0 Å². The number of nitrogens with one attached hydrogen (secondary N) is 1. The SMILES string of the molecule is CC(=O)N1CCN(S(=O)(=O)c2ccc(C(=O)N3CCNC[C@H]3C)cc2)CC1.Cl. The van der Waals surface area contributed by atoms with Gasteiger partial charge in [-0.25, -0.2) is 8.42 Å². The molecular formula is C18H27ClN4O4S. The Morgan fingerprint density at radius 2 is 1.64 bits per heavy atom. The average molecular weight is 431 g/mol. The van der Waals surface area contributed by atoms with Crippen LogP contribution in [0.5, 0.6) is 0 Å². The highest BCUT2D eigenvalue weighted by Crippen LogP contribution is 2.19. The number of carbonyl (C=O) groups excluding carboxylic acids is 2. The highest BCUT2D eigenvalue weighted by Gasteiger charge is 2.30. The summed E-state index contributed by atoms with van der Waals surface area (Å²) in [6, 6.07) is 6.25. The molecule has 3 rings (SSSR count). The van der Waals surface area contributed by atoms with Crippen molar-refractivity contribution in [1.82, 2.24) is 19.4 Å². The summed E-state index contributed by atoms with van der Waals surface area (Å²) < 4.78 is 27.0. The smallest absolute Gasteiger partial charge is 0.254 e. The van der Waals surface area contributed by atoms with Crippen LogP contribution >= 0.6 is 12.4 Å². The number of amides is 2. The molecule has 2 fully saturated rings. The summed E-state index contributed by atoms with van der Waals surface area (Å²) in [5, 5.41) is 3.24. The Balaban J connectivity index is 0.00000280. The maximum Gasteiger partial charge on any atom is 0.254 e. The maximum atomic E-state index is 12.8. The Hall–Kier alpha value is -1.68. The first-order valence-corrected chi connectivity index (χ1v) is 10.6. The van der Waals surface area contributed by atoms with Crippen molar-refractivity contribution in [2.45, 2.75) is 24.8 Å². The summed E-state index contributed by atoms with van der Waals surface area (Å²) in [7, 11) is -3.63. The van der Waals surface area contributed by atoms with E-state index in [2.05, 4.69) is 5.32 Å². The largest absolute Gasteiger partial charge is 0.340 e. The van der Waals surface area contributed by atoms with E-state index in [4.69, 9.17) is 0 Å². The topological polar surface area (TPSA) is 90.0 Å². The van der Waals surface area contributed by atoms with Gasteiger partial charge in [0.2, 0.25) is 15.9 Å². The second kappa shape index (κ2) is 9.21. The fourth-order valence-corrected chi connectivity index (χ4v) is 4.89. The molecule has 2 amide bonds. The van der Waals surface area contributed by atoms with Crippen molar-refractivity contribution < 1.29 is 18.0 Å². The van der Waals surface area contributed by atoms with Gasteiger partial charge in [-0.15, -0.1) is 12.4 Å². The average Bonchev–Trinajstić information content (AvgIpc) is 2.68. The zero-order valence-electron chi connectivity index (χ0n) is 16.1. The van der Waals surface area contributed by atoms with Crippen molar-refractivity contribution in [3.63, 3.8) is 0 Å². The highest BCUT2D eigenvalue weighted by atomic mass is 35.5. The molecule has 0 unspecified atom stereocenters. The summed E-state index contributed by atoms with van der Waals surface area (Å²) in [5.41, 5.74) is 0.490. The van der Waals surface area contributed by atoms with E-state index in [-0.39, 0.29) is 48.2 Å². The Morgan fingerprint density at radius 3 is 2.18 bits per heavy atom. The third-order valence-corrected chi connectivity index (χ3v) is 7.10. The number of halogens is 1. The number of hydrogen-bond donors (Lipinski definition) is 1. The molecule has 1 aromatic rings. The summed E-state index contributed by atoms with van der Waals surface area (Å²) in [6.45, 7) is 6.97. The molecular weight excluding hydrogens is 404 g/mol. The number of nitrogens with zero attached hydrogens (tertiary/aromatic N) is 3. The fourth-order valence-electron chi connectivity index (χ4n) is 3.47. The number of piperazine rings is 2. The van der Waals surface area contributed by atoms with Gasteiger partial charge in [0.05, 0.1) is 4.90 Å². The van der Waals surface area contributed by atoms with Gasteiger partial charge >= 0.3 is 0 Å². The second-order valence-corrected chi connectivity index (χ2v) is 8.92. The standard InChI is InChI=1S/C18H26N4O4S.ClH/c1-14-13-19-7-8-22(14)18(24)16-3-5-17(6-4-16)27(25,26)21-11-9-20(10-12-21)15(2)23;/h3-6,14,19H,7-13H2,1-2H3;1H/t14-;/m1./s1. The van der Waals surface area contributed by atoms with Crippen LogP contribution in [0, 0.1) is 0 Å². The van der Waals surface area contributed by atoms with Crippen LogP contribution in [0.2, 0.25) is 0 Å². The molecule has 8 nitrogen and oxygen atoms in total. The van der Waals surface area contributed by atoms with Gasteiger partial charge < -0.3 is 15.1 Å². The van der Waals surface area contributed by atoms with Gasteiger partial charge in [-0.1, -0.05) is 0 Å². The van der Waals surface area contributed by atoms with Crippen molar-refractivity contribution in [2.75, 3.05) is 45.8 Å². The summed E-state index contributed by atoms with van der Waals surface area (Å²) in [5.74, 6) is -0.125. The second-order valence-electron chi connectivity index (χ2n) is 6.99. The van der Waals surface area contributed by atoms with Crippen molar-refractivity contribution in [3.8, 4) is 0 Å². The Labute approximate surface area is 172 Å². The van der Waals surface area contributed by atoms with Crippen LogP contribution < -0.4 is 5.32 Å². The van der Waals surface area contributed by atoms with Gasteiger partial charge in [-0.3, -0.25) is 9.59 Å². The minimum atomic E-state index is -3.63. The predicted molar refractivity (Wildman–Crippen MR) is 108 cm³/mol. The molecule has 2 saturated heterocycles. The molecule has 0 spiro atoms. The zero-order chi connectivity index (χ0) is 19.6. The van der Waals surface area contributed by atoms with E-state index >= 15 is 0 Å². The van der Waals surface area contributed by atoms with E-state index in [0.717, 1.165) is 13.1 Å². The van der Waals surface area contributed by atoms with E-state index in [0.29, 0.717) is 25.2 Å². The minimum absolute atomic E-state index is 0. The van der Waals surface area contributed by atoms with Crippen LogP contribution in [0.1, 0.15) is 24.2 Å². The monoisotopic (exact) mass is 430 g/mol. The number of hydrogen-bond acceptors (Lipinski definition) is 5. The molecule has 2 aliphatic rings. The molecule has 0 saturated carbocycles. The molecule has 1 atom stereocenters. The van der Waals surface area contributed by atoms with Gasteiger partial charge in [0, 0.05) is 64.3 Å². The molecule has 1 N–H and O–H groups in total. The molecule has 1 aromatic carbocycles. The first-order valence-electron chi connectivity index (χ1n) is 9.18. The summed E-state index contributed by atoms with van der Waals surface area (Å²) in [4.78, 5) is 27.7. The zero-order valence-corrected chi connectivity index (χ0v) is 17.8. The molecule has 0 aliphatic carbocycles. The van der Waals surface area contributed by atoms with E-state index in [1.807, 2.05) is 6.92 Å². The molecule has 0 bridgehead atoms. The maximum absolute atomic E-state index is 12.8. The van der Waals surface area contributed by atoms with Gasteiger partial charge in [-0.2, -0.15) is 4.31 Å². The Bertz CT molecular complexity index is 807. The fraction of sp³-hybridized carbons (Fsp3) is 0.556. The van der Waals surface area contributed by atoms with Gasteiger partial charge in [-0.05, 0) is 31.2 Å². The van der Waals surface area contributed by atoms with Crippen LogP contribution in [0.4, 0.5) is 0 Å².